The van der Waals surface area contributed by atoms with Crippen LogP contribution in [0.5, 0.6) is 0 Å². The Bertz CT molecular complexity index is 497. The molecule has 0 spiro atoms. The Morgan fingerprint density at radius 2 is 2.11 bits per heavy atom. The summed E-state index contributed by atoms with van der Waals surface area (Å²) in [5.41, 5.74) is 5.63. The van der Waals surface area contributed by atoms with Crippen molar-refractivity contribution in [3.8, 4) is 0 Å². The SMILES string of the molecule is CC(C)Cc1nc(N)nc(NCc2ncon2)n1. The van der Waals surface area contributed by atoms with Crippen LogP contribution in [0.1, 0.15) is 25.5 Å². The van der Waals surface area contributed by atoms with Gasteiger partial charge in [-0.05, 0) is 5.92 Å². The van der Waals surface area contributed by atoms with Gasteiger partial charge in [-0.3, -0.25) is 0 Å². The minimum Gasteiger partial charge on any atom is -0.368 e. The van der Waals surface area contributed by atoms with Crippen molar-refractivity contribution in [1.29, 1.82) is 0 Å². The summed E-state index contributed by atoms with van der Waals surface area (Å²) in [6.45, 7) is 4.56. The molecule has 18 heavy (non-hydrogen) atoms. The Morgan fingerprint density at radius 3 is 2.78 bits per heavy atom. The normalized spacial score (nSPS) is 10.8. The molecule has 0 radical (unpaired) electrons. The maximum absolute atomic E-state index is 5.63. The van der Waals surface area contributed by atoms with E-state index in [0.29, 0.717) is 30.1 Å². The number of hydrogen-bond donors (Lipinski definition) is 2. The molecular formula is C10H15N7O. The summed E-state index contributed by atoms with van der Waals surface area (Å²) in [5.74, 6) is 2.28. The lowest BCUT2D eigenvalue weighted by molar-refractivity contribution is 0.411. The van der Waals surface area contributed by atoms with Crippen molar-refractivity contribution in [3.63, 3.8) is 0 Å². The van der Waals surface area contributed by atoms with Crippen LogP contribution in [0.2, 0.25) is 0 Å². The summed E-state index contributed by atoms with van der Waals surface area (Å²) in [5, 5.41) is 6.65. The van der Waals surface area contributed by atoms with Gasteiger partial charge in [-0.15, -0.1) is 0 Å². The fourth-order valence-corrected chi connectivity index (χ4v) is 1.40. The quantitative estimate of drug-likeness (QED) is 0.793. The third-order valence-corrected chi connectivity index (χ3v) is 2.10. The average Bonchev–Trinajstić information content (AvgIpc) is 2.77. The standard InChI is InChI=1S/C10H15N7O/c1-6(2)3-7-14-9(11)16-10(15-7)12-4-8-13-5-18-17-8/h5-6H,3-4H2,1-2H3,(H3,11,12,14,15,16). The third kappa shape index (κ3) is 3.37. The topological polar surface area (TPSA) is 116 Å². The number of aromatic nitrogens is 5. The van der Waals surface area contributed by atoms with E-state index in [1.807, 2.05) is 0 Å². The second kappa shape index (κ2) is 5.39. The molecule has 0 fully saturated rings. The summed E-state index contributed by atoms with van der Waals surface area (Å²) in [7, 11) is 0. The van der Waals surface area contributed by atoms with Crippen molar-refractivity contribution >= 4 is 11.9 Å². The molecule has 0 saturated carbocycles. The zero-order chi connectivity index (χ0) is 13.0. The van der Waals surface area contributed by atoms with E-state index >= 15 is 0 Å². The van der Waals surface area contributed by atoms with E-state index in [1.54, 1.807) is 0 Å². The van der Waals surface area contributed by atoms with E-state index in [-0.39, 0.29) is 5.95 Å². The minimum atomic E-state index is 0.205. The van der Waals surface area contributed by atoms with Crippen LogP contribution in [0.25, 0.3) is 0 Å². The average molecular weight is 249 g/mol. The predicted octanol–water partition coefficient (Wildman–Crippen LogP) is 0.647. The summed E-state index contributed by atoms with van der Waals surface area (Å²) in [6.07, 6.45) is 2.02. The van der Waals surface area contributed by atoms with Crippen molar-refractivity contribution in [2.45, 2.75) is 26.8 Å². The number of rotatable bonds is 5. The van der Waals surface area contributed by atoms with Crippen LogP contribution in [-0.4, -0.2) is 25.1 Å². The van der Waals surface area contributed by atoms with Gasteiger partial charge in [0.15, 0.2) is 5.82 Å². The molecule has 0 bridgehead atoms. The van der Waals surface area contributed by atoms with Gasteiger partial charge in [0.25, 0.3) is 0 Å². The van der Waals surface area contributed by atoms with Gasteiger partial charge in [-0.1, -0.05) is 19.0 Å². The van der Waals surface area contributed by atoms with Crippen LogP contribution in [0.3, 0.4) is 0 Å². The number of nitrogens with two attached hydrogens (primary N) is 1. The van der Waals surface area contributed by atoms with Gasteiger partial charge in [-0.25, -0.2) is 0 Å². The molecule has 0 saturated heterocycles. The molecular weight excluding hydrogens is 234 g/mol. The van der Waals surface area contributed by atoms with Crippen LogP contribution in [0, 0.1) is 5.92 Å². The Balaban J connectivity index is 2.05. The Kier molecular flexibility index (Phi) is 3.66. The largest absolute Gasteiger partial charge is 0.368 e. The highest BCUT2D eigenvalue weighted by Crippen LogP contribution is 2.08. The number of nitrogen functional groups attached to an aromatic ring is 1. The van der Waals surface area contributed by atoms with Gasteiger partial charge in [0.1, 0.15) is 5.82 Å². The maximum atomic E-state index is 5.63. The number of anilines is 2. The highest BCUT2D eigenvalue weighted by Gasteiger charge is 2.07. The first-order valence-electron chi connectivity index (χ1n) is 5.63. The molecule has 2 aromatic rings. The first kappa shape index (κ1) is 12.2. The van der Waals surface area contributed by atoms with Crippen LogP contribution < -0.4 is 11.1 Å². The zero-order valence-corrected chi connectivity index (χ0v) is 10.3. The molecule has 2 rings (SSSR count). The van der Waals surface area contributed by atoms with Crippen molar-refractivity contribution in [1.82, 2.24) is 25.1 Å². The van der Waals surface area contributed by atoms with E-state index in [9.17, 15) is 0 Å². The Labute approximate surface area is 104 Å². The lowest BCUT2D eigenvalue weighted by Gasteiger charge is -2.07. The molecule has 8 nitrogen and oxygen atoms in total. The lowest BCUT2D eigenvalue weighted by atomic mass is 10.1. The molecule has 8 heteroatoms. The van der Waals surface area contributed by atoms with Crippen molar-refractivity contribution < 1.29 is 4.52 Å². The molecule has 0 aliphatic rings. The number of hydrogen-bond acceptors (Lipinski definition) is 8. The molecule has 0 atom stereocenters. The molecule has 96 valence electrons. The highest BCUT2D eigenvalue weighted by atomic mass is 16.5. The summed E-state index contributed by atoms with van der Waals surface area (Å²) >= 11 is 0. The minimum absolute atomic E-state index is 0.205. The smallest absolute Gasteiger partial charge is 0.228 e. The predicted molar refractivity (Wildman–Crippen MR) is 64.4 cm³/mol. The second-order valence-corrected chi connectivity index (χ2v) is 4.23. The lowest BCUT2D eigenvalue weighted by Crippen LogP contribution is -2.11. The molecule has 0 amide bonds. The van der Waals surface area contributed by atoms with Crippen LogP contribution in [0.4, 0.5) is 11.9 Å². The Hall–Kier alpha value is -2.25. The van der Waals surface area contributed by atoms with Crippen LogP contribution >= 0.6 is 0 Å². The zero-order valence-electron chi connectivity index (χ0n) is 10.3. The first-order chi connectivity index (χ1) is 8.63. The van der Waals surface area contributed by atoms with Crippen LogP contribution in [0.15, 0.2) is 10.9 Å². The van der Waals surface area contributed by atoms with Crippen molar-refractivity contribution in [2.24, 2.45) is 5.92 Å². The fourth-order valence-electron chi connectivity index (χ4n) is 1.40. The number of nitrogens with one attached hydrogen (secondary N) is 1. The molecule has 3 N–H and O–H groups in total. The monoisotopic (exact) mass is 249 g/mol. The number of nitrogens with zero attached hydrogens (tertiary/aromatic N) is 5. The van der Waals surface area contributed by atoms with Gasteiger partial charge in [0.2, 0.25) is 18.3 Å². The maximum Gasteiger partial charge on any atom is 0.228 e. The van der Waals surface area contributed by atoms with Gasteiger partial charge in [-0.2, -0.15) is 19.9 Å². The summed E-state index contributed by atoms with van der Waals surface area (Å²) in [6, 6.07) is 0. The molecule has 0 aromatic carbocycles. The van der Waals surface area contributed by atoms with Gasteiger partial charge >= 0.3 is 0 Å². The van der Waals surface area contributed by atoms with Crippen LogP contribution in [-0.2, 0) is 13.0 Å². The second-order valence-electron chi connectivity index (χ2n) is 4.23. The fraction of sp³-hybridized carbons (Fsp3) is 0.500. The van der Waals surface area contributed by atoms with E-state index in [4.69, 9.17) is 5.73 Å². The third-order valence-electron chi connectivity index (χ3n) is 2.10. The van der Waals surface area contributed by atoms with Gasteiger partial charge < -0.3 is 15.6 Å². The van der Waals surface area contributed by atoms with E-state index in [0.717, 1.165) is 6.42 Å². The van der Waals surface area contributed by atoms with E-state index < -0.39 is 0 Å². The van der Waals surface area contributed by atoms with Gasteiger partial charge in [0, 0.05) is 6.42 Å². The van der Waals surface area contributed by atoms with Crippen molar-refractivity contribution in [2.75, 3.05) is 11.1 Å². The summed E-state index contributed by atoms with van der Waals surface area (Å²) < 4.78 is 4.62. The van der Waals surface area contributed by atoms with Crippen molar-refractivity contribution in [3.05, 3.63) is 18.0 Å². The molecule has 2 aromatic heterocycles. The Morgan fingerprint density at radius 1 is 1.28 bits per heavy atom. The van der Waals surface area contributed by atoms with Gasteiger partial charge in [0.05, 0.1) is 6.54 Å². The molecule has 2 heterocycles. The highest BCUT2D eigenvalue weighted by molar-refractivity contribution is 5.31. The molecule has 0 aliphatic heterocycles. The first-order valence-corrected chi connectivity index (χ1v) is 5.63. The molecule has 0 unspecified atom stereocenters. The summed E-state index contributed by atoms with van der Waals surface area (Å²) in [4.78, 5) is 16.2. The van der Waals surface area contributed by atoms with E-state index in [2.05, 4.69) is 48.8 Å². The molecule has 0 aliphatic carbocycles. The van der Waals surface area contributed by atoms with E-state index in [1.165, 1.54) is 6.39 Å².